The van der Waals surface area contributed by atoms with Gasteiger partial charge < -0.3 is 15.1 Å². The number of hydrogen-bond acceptors (Lipinski definition) is 3. The lowest BCUT2D eigenvalue weighted by atomic mass is 9.42. The Labute approximate surface area is 167 Å². The highest BCUT2D eigenvalue weighted by molar-refractivity contribution is 5.79. The maximum absolute atomic E-state index is 13.1. The van der Waals surface area contributed by atoms with Crippen molar-refractivity contribution in [2.75, 3.05) is 13.1 Å². The van der Waals surface area contributed by atoms with Gasteiger partial charge in [-0.15, -0.1) is 0 Å². The first-order valence-electron chi connectivity index (χ1n) is 10.5. The molecule has 1 amide bonds. The molecule has 4 aliphatic carbocycles. The fraction of sp³-hybridized carbons (Fsp3) is 0.682. The molecule has 1 aromatic rings. The number of alkyl halides is 3. The number of aliphatic hydroxyl groups is 2. The van der Waals surface area contributed by atoms with Crippen LogP contribution >= 0.6 is 0 Å². The zero-order chi connectivity index (χ0) is 20.6. The Bertz CT molecular complexity index is 771. The normalized spacial score (nSPS) is 38.9. The van der Waals surface area contributed by atoms with Crippen LogP contribution in [0.5, 0.6) is 0 Å². The molecule has 2 N–H and O–H groups in total. The first kappa shape index (κ1) is 19.4. The molecule has 1 saturated heterocycles. The minimum Gasteiger partial charge on any atom is -0.393 e. The average molecular weight is 409 g/mol. The maximum atomic E-state index is 13.1. The number of amides is 1. The van der Waals surface area contributed by atoms with Crippen LogP contribution in [0.15, 0.2) is 24.3 Å². The highest BCUT2D eigenvalue weighted by Gasteiger charge is 2.61. The van der Waals surface area contributed by atoms with Crippen LogP contribution in [0.1, 0.15) is 43.2 Å². The third kappa shape index (κ3) is 2.92. The molecule has 4 bridgehead atoms. The van der Waals surface area contributed by atoms with Crippen molar-refractivity contribution in [3.8, 4) is 0 Å². The number of carbonyl (C=O) groups excluding carboxylic acids is 1. The zero-order valence-electron chi connectivity index (χ0n) is 16.1. The van der Waals surface area contributed by atoms with Gasteiger partial charge in [-0.2, -0.15) is 13.2 Å². The summed E-state index contributed by atoms with van der Waals surface area (Å²) in [5, 5.41) is 20.1. The smallest absolute Gasteiger partial charge is 0.393 e. The van der Waals surface area contributed by atoms with Crippen LogP contribution < -0.4 is 0 Å². The van der Waals surface area contributed by atoms with Gasteiger partial charge in [-0.3, -0.25) is 4.79 Å². The topological polar surface area (TPSA) is 60.8 Å². The summed E-state index contributed by atoms with van der Waals surface area (Å²) in [5.74, 6) is 0.839. The van der Waals surface area contributed by atoms with E-state index in [2.05, 4.69) is 0 Å². The van der Waals surface area contributed by atoms with Crippen molar-refractivity contribution in [3.63, 3.8) is 0 Å². The highest BCUT2D eigenvalue weighted by atomic mass is 19.4. The molecule has 1 aromatic carbocycles. The van der Waals surface area contributed by atoms with E-state index < -0.39 is 23.3 Å². The summed E-state index contributed by atoms with van der Waals surface area (Å²) in [7, 11) is 0. The SMILES string of the molecule is O=C(CC1(c2ccc(C(F)(F)F)cc2)C2CC3CC1CC(C2)C3O)N1CC(O)C1. The molecule has 0 spiro atoms. The molecule has 4 saturated carbocycles. The molecule has 5 aliphatic rings. The van der Waals surface area contributed by atoms with Crippen LogP contribution in [0.2, 0.25) is 0 Å². The van der Waals surface area contributed by atoms with Gasteiger partial charge in [-0.1, -0.05) is 12.1 Å². The quantitative estimate of drug-likeness (QED) is 0.807. The van der Waals surface area contributed by atoms with Gasteiger partial charge in [0, 0.05) is 24.9 Å². The summed E-state index contributed by atoms with van der Waals surface area (Å²) in [6, 6.07) is 5.41. The van der Waals surface area contributed by atoms with Gasteiger partial charge >= 0.3 is 6.18 Å². The summed E-state index contributed by atoms with van der Waals surface area (Å²) in [4.78, 5) is 14.7. The van der Waals surface area contributed by atoms with Crippen molar-refractivity contribution in [3.05, 3.63) is 35.4 Å². The van der Waals surface area contributed by atoms with Gasteiger partial charge in [0.05, 0.1) is 17.8 Å². The second kappa shape index (κ2) is 6.45. The molecule has 5 fully saturated rings. The van der Waals surface area contributed by atoms with Crippen LogP contribution in [0.3, 0.4) is 0 Å². The van der Waals surface area contributed by atoms with Gasteiger partial charge in [0.15, 0.2) is 0 Å². The van der Waals surface area contributed by atoms with Crippen LogP contribution in [-0.4, -0.2) is 46.3 Å². The molecule has 158 valence electrons. The number of benzene rings is 1. The molecule has 1 heterocycles. The number of hydrogen-bond donors (Lipinski definition) is 2. The minimum absolute atomic E-state index is 0.0248. The summed E-state index contributed by atoms with van der Waals surface area (Å²) in [6.45, 7) is 0.669. The van der Waals surface area contributed by atoms with E-state index in [-0.39, 0.29) is 42.1 Å². The third-order valence-electron chi connectivity index (χ3n) is 8.18. The van der Waals surface area contributed by atoms with Crippen molar-refractivity contribution < 1.29 is 28.2 Å². The van der Waals surface area contributed by atoms with Gasteiger partial charge in [0.2, 0.25) is 5.91 Å². The van der Waals surface area contributed by atoms with Gasteiger partial charge in [-0.05, 0) is 67.1 Å². The Morgan fingerprint density at radius 3 is 1.97 bits per heavy atom. The third-order valence-corrected chi connectivity index (χ3v) is 8.18. The fourth-order valence-corrected chi connectivity index (χ4v) is 6.82. The first-order chi connectivity index (χ1) is 13.7. The minimum atomic E-state index is -4.39. The standard InChI is InChI=1S/C22H26F3NO3/c23-22(24,25)15-3-1-14(2-4-15)21(9-19(28)26-10-18(27)11-26)16-5-12-6-17(21)8-13(7-16)20(12)29/h1-4,12-13,16-18,20,27,29H,5-11H2. The van der Waals surface area contributed by atoms with E-state index in [0.29, 0.717) is 13.1 Å². The monoisotopic (exact) mass is 409 g/mol. The van der Waals surface area contributed by atoms with Crippen LogP contribution in [0.25, 0.3) is 0 Å². The van der Waals surface area contributed by atoms with E-state index in [1.165, 1.54) is 0 Å². The first-order valence-corrected chi connectivity index (χ1v) is 10.5. The number of halogens is 3. The summed E-state index contributed by atoms with van der Waals surface area (Å²) in [5.41, 5.74) is -0.328. The molecule has 0 radical (unpaired) electrons. The lowest BCUT2D eigenvalue weighted by molar-refractivity contribution is -0.158. The van der Waals surface area contributed by atoms with Gasteiger partial charge in [0.25, 0.3) is 0 Å². The number of likely N-dealkylation sites (tertiary alicyclic amines) is 1. The summed E-state index contributed by atoms with van der Waals surface area (Å²) >= 11 is 0. The van der Waals surface area contributed by atoms with Crippen molar-refractivity contribution >= 4 is 5.91 Å². The molecule has 29 heavy (non-hydrogen) atoms. The second-order valence-electron chi connectivity index (χ2n) is 9.59. The summed E-state index contributed by atoms with van der Waals surface area (Å²) < 4.78 is 39.2. The molecule has 0 atom stereocenters. The number of nitrogens with zero attached hydrogens (tertiary/aromatic N) is 1. The van der Waals surface area contributed by atoms with Crippen LogP contribution in [0, 0.1) is 23.7 Å². The molecular formula is C22H26F3NO3. The van der Waals surface area contributed by atoms with Crippen molar-refractivity contribution in [1.29, 1.82) is 0 Å². The van der Waals surface area contributed by atoms with E-state index in [9.17, 15) is 28.2 Å². The lowest BCUT2D eigenvalue weighted by Gasteiger charge is -2.63. The lowest BCUT2D eigenvalue weighted by Crippen LogP contribution is -2.62. The van der Waals surface area contributed by atoms with E-state index in [1.807, 2.05) is 0 Å². The van der Waals surface area contributed by atoms with E-state index in [0.717, 1.165) is 43.4 Å². The average Bonchev–Trinajstić information content (AvgIpc) is 2.63. The molecule has 7 heteroatoms. The molecule has 4 nitrogen and oxygen atoms in total. The Balaban J connectivity index is 1.51. The van der Waals surface area contributed by atoms with Crippen LogP contribution in [0.4, 0.5) is 13.2 Å². The summed E-state index contributed by atoms with van der Waals surface area (Å²) in [6.07, 6.45) is -1.57. The number of carbonyl (C=O) groups is 1. The van der Waals surface area contributed by atoms with E-state index in [1.54, 1.807) is 17.0 Å². The highest BCUT2D eigenvalue weighted by Crippen LogP contribution is 2.64. The Morgan fingerprint density at radius 2 is 1.52 bits per heavy atom. The van der Waals surface area contributed by atoms with Crippen molar-refractivity contribution in [1.82, 2.24) is 4.90 Å². The number of rotatable bonds is 3. The second-order valence-corrected chi connectivity index (χ2v) is 9.59. The molecule has 0 aromatic heterocycles. The molecular weight excluding hydrogens is 383 g/mol. The Morgan fingerprint density at radius 1 is 1.00 bits per heavy atom. The Kier molecular flexibility index (Phi) is 4.31. The van der Waals surface area contributed by atoms with Crippen molar-refractivity contribution in [2.45, 2.75) is 55.9 Å². The zero-order valence-corrected chi connectivity index (χ0v) is 16.1. The van der Waals surface area contributed by atoms with Gasteiger partial charge in [0.1, 0.15) is 0 Å². The maximum Gasteiger partial charge on any atom is 0.416 e. The largest absolute Gasteiger partial charge is 0.416 e. The van der Waals surface area contributed by atoms with Gasteiger partial charge in [-0.25, -0.2) is 0 Å². The van der Waals surface area contributed by atoms with E-state index >= 15 is 0 Å². The number of β-amino-alcohol motifs (C(OH)–C–C–N with tert-alkyl or cyclic N) is 1. The molecule has 6 rings (SSSR count). The fourth-order valence-electron chi connectivity index (χ4n) is 6.82. The predicted molar refractivity (Wildman–Crippen MR) is 98.8 cm³/mol. The van der Waals surface area contributed by atoms with Crippen LogP contribution in [-0.2, 0) is 16.4 Å². The van der Waals surface area contributed by atoms with E-state index in [4.69, 9.17) is 0 Å². The molecule has 1 aliphatic heterocycles. The molecule has 0 unspecified atom stereocenters. The Hall–Kier alpha value is -1.60. The predicted octanol–water partition coefficient (Wildman–Crippen LogP) is 2.96. The number of aliphatic hydroxyl groups excluding tert-OH is 2. The van der Waals surface area contributed by atoms with Crippen molar-refractivity contribution in [2.24, 2.45) is 23.7 Å².